The maximum absolute atomic E-state index is 12.4. The van der Waals surface area contributed by atoms with E-state index in [0.29, 0.717) is 24.7 Å². The van der Waals surface area contributed by atoms with Gasteiger partial charge in [-0.3, -0.25) is 14.5 Å². The molecule has 0 spiro atoms. The zero-order valence-electron chi connectivity index (χ0n) is 13.3. The molecule has 122 valence electrons. The van der Waals surface area contributed by atoms with Crippen molar-refractivity contribution in [3.8, 4) is 0 Å². The molecule has 3 atom stereocenters. The topological polar surface area (TPSA) is 75.7 Å². The lowest BCUT2D eigenvalue weighted by Gasteiger charge is -2.24. The van der Waals surface area contributed by atoms with Crippen molar-refractivity contribution in [3.63, 3.8) is 0 Å². The molecule has 3 rings (SSSR count). The van der Waals surface area contributed by atoms with Crippen LogP contribution in [0.25, 0.3) is 0 Å². The maximum Gasteiger partial charge on any atom is 0.326 e. The molecule has 0 aromatic carbocycles. The molecule has 1 heterocycles. The fourth-order valence-electron chi connectivity index (χ4n) is 4.21. The van der Waals surface area contributed by atoms with Gasteiger partial charge >= 0.3 is 12.0 Å². The number of nitrogens with one attached hydrogen (secondary N) is 1. The van der Waals surface area contributed by atoms with Gasteiger partial charge in [0.2, 0.25) is 0 Å². The van der Waals surface area contributed by atoms with Crippen LogP contribution in [-0.2, 0) is 14.3 Å². The molecular weight excluding hydrogens is 284 g/mol. The minimum atomic E-state index is -0.857. The van der Waals surface area contributed by atoms with Crippen molar-refractivity contribution in [2.45, 2.75) is 64.0 Å². The summed E-state index contributed by atoms with van der Waals surface area (Å²) in [6.45, 7) is 3.44. The van der Waals surface area contributed by atoms with Crippen LogP contribution >= 0.6 is 0 Å². The van der Waals surface area contributed by atoms with Crippen LogP contribution < -0.4 is 5.32 Å². The van der Waals surface area contributed by atoms with Crippen LogP contribution in [0.5, 0.6) is 0 Å². The molecule has 0 radical (unpaired) electrons. The molecule has 0 aromatic rings. The van der Waals surface area contributed by atoms with E-state index < -0.39 is 17.5 Å². The molecule has 2 saturated carbocycles. The second-order valence-electron chi connectivity index (χ2n) is 6.81. The van der Waals surface area contributed by atoms with Gasteiger partial charge in [0.15, 0.2) is 0 Å². The first-order valence-electron chi connectivity index (χ1n) is 8.32. The van der Waals surface area contributed by atoms with E-state index in [9.17, 15) is 14.4 Å². The Balaban J connectivity index is 1.59. The highest BCUT2D eigenvalue weighted by Crippen LogP contribution is 2.45. The molecule has 3 fully saturated rings. The Hall–Kier alpha value is -1.59. The summed E-state index contributed by atoms with van der Waals surface area (Å²) in [5, 5.41) is 2.72. The number of imide groups is 1. The van der Waals surface area contributed by atoms with Crippen LogP contribution in [0.4, 0.5) is 4.79 Å². The number of hydrogen-bond acceptors (Lipinski definition) is 4. The summed E-state index contributed by atoms with van der Waals surface area (Å²) in [7, 11) is 0. The number of fused-ring (bicyclic) bond motifs is 2. The molecule has 1 aliphatic heterocycles. The highest BCUT2D eigenvalue weighted by Gasteiger charge is 2.49. The molecule has 1 saturated heterocycles. The first-order chi connectivity index (χ1) is 10.5. The number of urea groups is 1. The molecule has 6 nitrogen and oxygen atoms in total. The average Bonchev–Trinajstić information content (AvgIpc) is 3.17. The van der Waals surface area contributed by atoms with Gasteiger partial charge < -0.3 is 10.1 Å². The summed E-state index contributed by atoms with van der Waals surface area (Å²) in [5.74, 6) is 0.381. The summed E-state index contributed by atoms with van der Waals surface area (Å²) in [4.78, 5) is 37.6. The van der Waals surface area contributed by atoms with Crippen molar-refractivity contribution in [2.75, 3.05) is 6.54 Å². The van der Waals surface area contributed by atoms with Crippen molar-refractivity contribution in [1.29, 1.82) is 0 Å². The van der Waals surface area contributed by atoms with Crippen molar-refractivity contribution in [2.24, 2.45) is 11.8 Å². The normalized spacial score (nSPS) is 32.5. The number of ether oxygens (including phenoxy) is 1. The summed E-state index contributed by atoms with van der Waals surface area (Å²) < 4.78 is 5.53. The van der Waals surface area contributed by atoms with Gasteiger partial charge in [-0.15, -0.1) is 0 Å². The minimum Gasteiger partial charge on any atom is -0.461 e. The van der Waals surface area contributed by atoms with Gasteiger partial charge in [-0.2, -0.15) is 0 Å². The number of nitrogens with zero attached hydrogens (tertiary/aromatic N) is 1. The SMILES string of the molecule is CCC1(CC)NC(=O)N(CC(=O)O[C@H]2C[C@H]3CC[C@H]2C3)C1=O. The number of esters is 1. The third kappa shape index (κ3) is 2.38. The van der Waals surface area contributed by atoms with E-state index in [1.54, 1.807) is 0 Å². The van der Waals surface area contributed by atoms with Crippen LogP contribution in [0.1, 0.15) is 52.4 Å². The van der Waals surface area contributed by atoms with Gasteiger partial charge in [-0.1, -0.05) is 13.8 Å². The van der Waals surface area contributed by atoms with E-state index in [4.69, 9.17) is 4.74 Å². The Morgan fingerprint density at radius 1 is 1.27 bits per heavy atom. The Labute approximate surface area is 130 Å². The van der Waals surface area contributed by atoms with Crippen LogP contribution in [-0.4, -0.2) is 41.0 Å². The van der Waals surface area contributed by atoms with Crippen LogP contribution in [0.15, 0.2) is 0 Å². The monoisotopic (exact) mass is 308 g/mol. The second kappa shape index (κ2) is 5.56. The number of hydrogen-bond donors (Lipinski definition) is 1. The Kier molecular flexibility index (Phi) is 3.87. The molecule has 3 aliphatic rings. The van der Waals surface area contributed by atoms with Crippen molar-refractivity contribution in [1.82, 2.24) is 10.2 Å². The molecule has 6 heteroatoms. The molecular formula is C16H24N2O4. The van der Waals surface area contributed by atoms with Gasteiger partial charge in [-0.05, 0) is 50.4 Å². The molecule has 2 bridgehead atoms. The van der Waals surface area contributed by atoms with Crippen molar-refractivity contribution >= 4 is 17.9 Å². The van der Waals surface area contributed by atoms with Gasteiger partial charge in [-0.25, -0.2) is 4.79 Å². The average molecular weight is 308 g/mol. The van der Waals surface area contributed by atoms with E-state index in [1.165, 1.54) is 6.42 Å². The lowest BCUT2D eigenvalue weighted by Crippen LogP contribution is -2.46. The second-order valence-corrected chi connectivity index (χ2v) is 6.81. The van der Waals surface area contributed by atoms with Gasteiger partial charge in [0.05, 0.1) is 0 Å². The zero-order chi connectivity index (χ0) is 15.9. The predicted octanol–water partition coefficient (Wildman–Crippen LogP) is 1.83. The highest BCUT2D eigenvalue weighted by atomic mass is 16.5. The first kappa shape index (κ1) is 15.3. The zero-order valence-corrected chi connectivity index (χ0v) is 13.3. The standard InChI is InChI=1S/C16H24N2O4/c1-3-16(4-2)14(20)18(15(21)17-16)9-13(19)22-12-8-10-5-6-11(12)7-10/h10-12H,3-9H2,1-2H3,(H,17,21)/t10-,11-,12-/m0/s1. The van der Waals surface area contributed by atoms with E-state index in [2.05, 4.69) is 5.32 Å². The van der Waals surface area contributed by atoms with Crippen molar-refractivity contribution < 1.29 is 19.1 Å². The van der Waals surface area contributed by atoms with Gasteiger partial charge in [0.25, 0.3) is 5.91 Å². The smallest absolute Gasteiger partial charge is 0.326 e. The molecule has 3 amide bonds. The Morgan fingerprint density at radius 3 is 2.50 bits per heavy atom. The summed E-state index contributed by atoms with van der Waals surface area (Å²) >= 11 is 0. The number of rotatable bonds is 5. The Bertz CT molecular complexity index is 500. The van der Waals surface area contributed by atoms with Crippen LogP contribution in [0.3, 0.4) is 0 Å². The minimum absolute atomic E-state index is 0.0193. The predicted molar refractivity (Wildman–Crippen MR) is 78.9 cm³/mol. The van der Waals surface area contributed by atoms with E-state index >= 15 is 0 Å². The number of carbonyl (C=O) groups excluding carboxylic acids is 3. The lowest BCUT2D eigenvalue weighted by molar-refractivity contribution is -0.154. The number of carbonyl (C=O) groups is 3. The molecule has 0 unspecified atom stereocenters. The summed E-state index contributed by atoms with van der Waals surface area (Å²) in [6, 6.07) is -0.487. The summed E-state index contributed by atoms with van der Waals surface area (Å²) in [6.07, 6.45) is 5.47. The Morgan fingerprint density at radius 2 is 2.00 bits per heavy atom. The highest BCUT2D eigenvalue weighted by molar-refractivity contribution is 6.08. The fourth-order valence-corrected chi connectivity index (χ4v) is 4.21. The molecule has 0 aromatic heterocycles. The van der Waals surface area contributed by atoms with E-state index in [1.807, 2.05) is 13.8 Å². The van der Waals surface area contributed by atoms with E-state index in [0.717, 1.165) is 24.2 Å². The first-order valence-corrected chi connectivity index (χ1v) is 8.32. The fraction of sp³-hybridized carbons (Fsp3) is 0.812. The number of amides is 3. The third-order valence-corrected chi connectivity index (χ3v) is 5.70. The van der Waals surface area contributed by atoms with Gasteiger partial charge in [0.1, 0.15) is 18.2 Å². The summed E-state index contributed by atoms with van der Waals surface area (Å²) in [5.41, 5.74) is -0.857. The van der Waals surface area contributed by atoms with Gasteiger partial charge in [0, 0.05) is 0 Å². The molecule has 22 heavy (non-hydrogen) atoms. The van der Waals surface area contributed by atoms with Crippen LogP contribution in [0.2, 0.25) is 0 Å². The van der Waals surface area contributed by atoms with Crippen molar-refractivity contribution in [3.05, 3.63) is 0 Å². The van der Waals surface area contributed by atoms with Crippen LogP contribution in [0, 0.1) is 11.8 Å². The third-order valence-electron chi connectivity index (χ3n) is 5.70. The maximum atomic E-state index is 12.4. The molecule has 2 aliphatic carbocycles. The molecule has 1 N–H and O–H groups in total. The van der Waals surface area contributed by atoms with E-state index in [-0.39, 0.29) is 18.6 Å². The largest absolute Gasteiger partial charge is 0.461 e. The lowest BCUT2D eigenvalue weighted by atomic mass is 9.93. The quantitative estimate of drug-likeness (QED) is 0.621.